The van der Waals surface area contributed by atoms with Gasteiger partial charge in [0.05, 0.1) is 0 Å². The van der Waals surface area contributed by atoms with Crippen LogP contribution in [0.1, 0.15) is 0 Å². The van der Waals surface area contributed by atoms with Gasteiger partial charge in [-0.1, -0.05) is 6.08 Å². The number of nitrogens with two attached hydrogens (primary N) is 1. The standard InChI is InChI=1S/C6H8N2OS/c7-4-5(9)8-2-1-3-10-6(4)8/h1-2,4,6H,3,7H2/t4?,6-/m0/s1. The van der Waals surface area contributed by atoms with E-state index < -0.39 is 0 Å². The van der Waals surface area contributed by atoms with Gasteiger partial charge in [0, 0.05) is 12.0 Å². The van der Waals surface area contributed by atoms with Crippen molar-refractivity contribution in [3.63, 3.8) is 0 Å². The lowest BCUT2D eigenvalue weighted by atomic mass is 10.1. The second-order valence-electron chi connectivity index (χ2n) is 2.38. The predicted molar refractivity (Wildman–Crippen MR) is 40.2 cm³/mol. The maximum atomic E-state index is 10.9. The highest BCUT2D eigenvalue weighted by molar-refractivity contribution is 8.00. The Morgan fingerprint density at radius 2 is 2.60 bits per heavy atom. The van der Waals surface area contributed by atoms with Crippen LogP contribution in [0.3, 0.4) is 0 Å². The molecular weight excluding hydrogens is 148 g/mol. The topological polar surface area (TPSA) is 46.3 Å². The lowest BCUT2D eigenvalue weighted by Gasteiger charge is -2.44. The number of rotatable bonds is 0. The number of thioether (sulfide) groups is 1. The van der Waals surface area contributed by atoms with E-state index in [0.29, 0.717) is 0 Å². The van der Waals surface area contributed by atoms with Crippen LogP contribution in [0.4, 0.5) is 0 Å². The number of carbonyl (C=O) groups is 1. The normalized spacial score (nSPS) is 37.3. The summed E-state index contributed by atoms with van der Waals surface area (Å²) in [4.78, 5) is 12.6. The van der Waals surface area contributed by atoms with Gasteiger partial charge in [-0.05, 0) is 0 Å². The van der Waals surface area contributed by atoms with Crippen LogP contribution < -0.4 is 5.73 Å². The number of fused-ring (bicyclic) bond motifs is 1. The molecule has 10 heavy (non-hydrogen) atoms. The van der Waals surface area contributed by atoms with Gasteiger partial charge < -0.3 is 10.6 Å². The Morgan fingerprint density at radius 1 is 1.80 bits per heavy atom. The van der Waals surface area contributed by atoms with Gasteiger partial charge in [0.15, 0.2) is 0 Å². The van der Waals surface area contributed by atoms with Crippen LogP contribution in [0.5, 0.6) is 0 Å². The molecule has 4 heteroatoms. The molecular formula is C6H8N2OS. The molecule has 54 valence electrons. The molecule has 0 saturated carbocycles. The van der Waals surface area contributed by atoms with E-state index in [1.807, 2.05) is 12.3 Å². The Balaban J connectivity index is 2.18. The fraction of sp³-hybridized carbons (Fsp3) is 0.500. The van der Waals surface area contributed by atoms with Crippen LogP contribution in [0.25, 0.3) is 0 Å². The maximum absolute atomic E-state index is 10.9. The average Bonchev–Trinajstić information content (AvgIpc) is 2.03. The lowest BCUT2D eigenvalue weighted by Crippen LogP contribution is -2.65. The van der Waals surface area contributed by atoms with Crippen molar-refractivity contribution in [1.29, 1.82) is 0 Å². The molecule has 0 radical (unpaired) electrons. The first-order valence-electron chi connectivity index (χ1n) is 3.17. The van der Waals surface area contributed by atoms with Crippen molar-refractivity contribution in [1.82, 2.24) is 4.90 Å². The molecule has 3 nitrogen and oxygen atoms in total. The quantitative estimate of drug-likeness (QED) is 0.492. The van der Waals surface area contributed by atoms with Crippen molar-refractivity contribution in [2.24, 2.45) is 5.73 Å². The van der Waals surface area contributed by atoms with Crippen LogP contribution in [-0.2, 0) is 4.79 Å². The fourth-order valence-electron chi connectivity index (χ4n) is 1.16. The number of amides is 1. The van der Waals surface area contributed by atoms with E-state index in [2.05, 4.69) is 0 Å². The molecule has 1 saturated heterocycles. The molecule has 2 N–H and O–H groups in total. The molecule has 0 aromatic carbocycles. The minimum absolute atomic E-state index is 0.0495. The molecule has 1 unspecified atom stereocenters. The molecule has 2 atom stereocenters. The average molecular weight is 156 g/mol. The molecule has 1 amide bonds. The summed E-state index contributed by atoms with van der Waals surface area (Å²) in [5.41, 5.74) is 5.53. The van der Waals surface area contributed by atoms with E-state index in [0.717, 1.165) is 5.75 Å². The molecule has 0 bridgehead atoms. The van der Waals surface area contributed by atoms with Gasteiger partial charge in [-0.3, -0.25) is 4.79 Å². The smallest absolute Gasteiger partial charge is 0.247 e. The third-order valence-electron chi connectivity index (χ3n) is 1.75. The molecule has 0 spiro atoms. The zero-order valence-corrected chi connectivity index (χ0v) is 6.17. The second kappa shape index (κ2) is 2.00. The number of β-lactam (4-membered cyclic amide) rings is 1. The van der Waals surface area contributed by atoms with E-state index in [-0.39, 0.29) is 17.3 Å². The zero-order chi connectivity index (χ0) is 7.14. The third kappa shape index (κ3) is 0.630. The first kappa shape index (κ1) is 6.24. The zero-order valence-electron chi connectivity index (χ0n) is 5.36. The van der Waals surface area contributed by atoms with E-state index >= 15 is 0 Å². The molecule has 1 fully saturated rings. The van der Waals surface area contributed by atoms with E-state index in [4.69, 9.17) is 5.73 Å². The SMILES string of the molecule is NC1C(=O)N2C=CCS[C@@H]12. The summed E-state index contributed by atoms with van der Waals surface area (Å²) in [5.74, 6) is 1.02. The Morgan fingerprint density at radius 3 is 3.30 bits per heavy atom. The van der Waals surface area contributed by atoms with Crippen LogP contribution in [-0.4, -0.2) is 28.0 Å². The molecule has 0 aliphatic carbocycles. The number of carbonyl (C=O) groups excluding carboxylic acids is 1. The molecule has 2 rings (SSSR count). The first-order chi connectivity index (χ1) is 4.80. The van der Waals surface area contributed by atoms with Crippen LogP contribution in [0, 0.1) is 0 Å². The number of nitrogens with zero attached hydrogens (tertiary/aromatic N) is 1. The van der Waals surface area contributed by atoms with E-state index in [9.17, 15) is 4.79 Å². The molecule has 0 aromatic heterocycles. The maximum Gasteiger partial charge on any atom is 0.247 e. The fourth-order valence-corrected chi connectivity index (χ4v) is 2.22. The molecule has 0 aromatic rings. The van der Waals surface area contributed by atoms with Crippen molar-refractivity contribution >= 4 is 17.7 Å². The number of hydrogen-bond acceptors (Lipinski definition) is 3. The summed E-state index contributed by atoms with van der Waals surface area (Å²) in [6, 6.07) is -0.255. The Labute approximate surface area is 63.2 Å². The Bertz CT molecular complexity index is 204. The van der Waals surface area contributed by atoms with E-state index in [1.54, 1.807) is 16.7 Å². The van der Waals surface area contributed by atoms with Crippen molar-refractivity contribution in [2.45, 2.75) is 11.4 Å². The van der Waals surface area contributed by atoms with Gasteiger partial charge in [-0.25, -0.2) is 0 Å². The summed E-state index contributed by atoms with van der Waals surface area (Å²) < 4.78 is 0. The lowest BCUT2D eigenvalue weighted by molar-refractivity contribution is -0.140. The number of hydrogen-bond donors (Lipinski definition) is 1. The molecule has 2 aliphatic heterocycles. The monoisotopic (exact) mass is 156 g/mol. The minimum atomic E-state index is -0.255. The third-order valence-corrected chi connectivity index (χ3v) is 3.00. The van der Waals surface area contributed by atoms with E-state index in [1.165, 1.54) is 0 Å². The first-order valence-corrected chi connectivity index (χ1v) is 4.21. The molecule has 2 heterocycles. The van der Waals surface area contributed by atoms with Gasteiger partial charge in [0.1, 0.15) is 11.4 Å². The largest absolute Gasteiger partial charge is 0.317 e. The van der Waals surface area contributed by atoms with Gasteiger partial charge >= 0.3 is 0 Å². The minimum Gasteiger partial charge on any atom is -0.317 e. The van der Waals surface area contributed by atoms with Crippen molar-refractivity contribution in [2.75, 3.05) is 5.75 Å². The van der Waals surface area contributed by atoms with Crippen LogP contribution in [0.15, 0.2) is 12.3 Å². The van der Waals surface area contributed by atoms with Crippen molar-refractivity contribution in [3.8, 4) is 0 Å². The van der Waals surface area contributed by atoms with Crippen LogP contribution >= 0.6 is 11.8 Å². The highest BCUT2D eigenvalue weighted by Crippen LogP contribution is 2.31. The Hall–Kier alpha value is -0.480. The summed E-state index contributed by atoms with van der Waals surface area (Å²) in [7, 11) is 0. The van der Waals surface area contributed by atoms with Gasteiger partial charge in [-0.15, -0.1) is 11.8 Å². The summed E-state index contributed by atoms with van der Waals surface area (Å²) >= 11 is 1.72. The highest BCUT2D eigenvalue weighted by atomic mass is 32.2. The van der Waals surface area contributed by atoms with Gasteiger partial charge in [-0.2, -0.15) is 0 Å². The van der Waals surface area contributed by atoms with Crippen molar-refractivity contribution < 1.29 is 4.79 Å². The summed E-state index contributed by atoms with van der Waals surface area (Å²) in [6.07, 6.45) is 3.80. The van der Waals surface area contributed by atoms with Crippen molar-refractivity contribution in [3.05, 3.63) is 12.3 Å². The Kier molecular flexibility index (Phi) is 1.25. The predicted octanol–water partition coefficient (Wildman–Crippen LogP) is -0.258. The highest BCUT2D eigenvalue weighted by Gasteiger charge is 2.44. The summed E-state index contributed by atoms with van der Waals surface area (Å²) in [5, 5.41) is 0.220. The van der Waals surface area contributed by atoms with Crippen LogP contribution in [0.2, 0.25) is 0 Å². The second-order valence-corrected chi connectivity index (χ2v) is 3.53. The van der Waals surface area contributed by atoms with Gasteiger partial charge in [0.25, 0.3) is 0 Å². The van der Waals surface area contributed by atoms with Gasteiger partial charge in [0.2, 0.25) is 5.91 Å². The molecule has 2 aliphatic rings. The summed E-state index contributed by atoms with van der Waals surface area (Å²) in [6.45, 7) is 0.